The number of hydrogen-bond acceptors (Lipinski definition) is 3. The van der Waals surface area contributed by atoms with Crippen LogP contribution in [0.3, 0.4) is 0 Å². The quantitative estimate of drug-likeness (QED) is 0.703. The maximum Gasteiger partial charge on any atom is 0.329 e. The Bertz CT molecular complexity index is 1050. The van der Waals surface area contributed by atoms with Crippen LogP contribution < -0.4 is 16.3 Å². The Morgan fingerprint density at radius 3 is 2.48 bits per heavy atom. The summed E-state index contributed by atoms with van der Waals surface area (Å²) in [5.74, 6) is -0.0855. The van der Waals surface area contributed by atoms with Gasteiger partial charge in [-0.25, -0.2) is 4.79 Å². The molecule has 0 spiro atoms. The molecule has 0 aliphatic carbocycles. The molecule has 0 radical (unpaired) electrons. The molecule has 1 aliphatic heterocycles. The summed E-state index contributed by atoms with van der Waals surface area (Å²) in [6.45, 7) is 3.18. The Hall–Kier alpha value is -2.73. The summed E-state index contributed by atoms with van der Waals surface area (Å²) in [6.07, 6.45) is 1.75. The molecule has 27 heavy (non-hydrogen) atoms. The van der Waals surface area contributed by atoms with Crippen molar-refractivity contribution in [2.45, 2.75) is 32.9 Å². The van der Waals surface area contributed by atoms with E-state index < -0.39 is 0 Å². The van der Waals surface area contributed by atoms with Gasteiger partial charge in [0.2, 0.25) is 5.91 Å². The number of imidazole rings is 1. The van der Waals surface area contributed by atoms with Gasteiger partial charge in [0.05, 0.1) is 11.0 Å². The van der Waals surface area contributed by atoms with Gasteiger partial charge in [-0.2, -0.15) is 0 Å². The van der Waals surface area contributed by atoms with Gasteiger partial charge in [0.15, 0.2) is 0 Å². The Kier molecular flexibility index (Phi) is 5.28. The first-order valence-corrected chi connectivity index (χ1v) is 8.97. The molecule has 1 amide bonds. The first kappa shape index (κ1) is 19.0. The van der Waals surface area contributed by atoms with E-state index in [9.17, 15) is 9.59 Å². The number of anilines is 2. The molecule has 2 aromatic carbocycles. The van der Waals surface area contributed by atoms with Crippen LogP contribution in [0.25, 0.3) is 11.0 Å². The molecule has 0 saturated carbocycles. The standard InChI is InChI=1S/C20H22N4O2.ClH/c1-2-22-17-9-3-4-10-18(17)24(20(22)26)13-19(25)23-12-6-7-14-15(21)8-5-11-16(14)23;/h3-5,8-11H,2,6-7,12-13,21H2,1H3;1H. The molecular formula is C20H23ClN4O2. The third-order valence-electron chi connectivity index (χ3n) is 5.12. The normalized spacial score (nSPS) is 13.3. The molecule has 1 aliphatic rings. The van der Waals surface area contributed by atoms with Crippen LogP contribution in [0.2, 0.25) is 0 Å². The molecule has 142 valence electrons. The second-order valence-corrected chi connectivity index (χ2v) is 6.60. The number of amides is 1. The smallest absolute Gasteiger partial charge is 0.329 e. The van der Waals surface area contributed by atoms with Crippen molar-refractivity contribution in [1.82, 2.24) is 9.13 Å². The molecule has 0 atom stereocenters. The lowest BCUT2D eigenvalue weighted by molar-refractivity contribution is -0.119. The van der Waals surface area contributed by atoms with Gasteiger partial charge >= 0.3 is 5.69 Å². The molecular weight excluding hydrogens is 364 g/mol. The molecule has 7 heteroatoms. The van der Waals surface area contributed by atoms with Gasteiger partial charge in [0.1, 0.15) is 6.54 Å². The Morgan fingerprint density at radius 1 is 1.07 bits per heavy atom. The topological polar surface area (TPSA) is 73.3 Å². The van der Waals surface area contributed by atoms with E-state index in [1.165, 1.54) is 0 Å². The number of nitrogens with zero attached hydrogens (tertiary/aromatic N) is 3. The molecule has 0 saturated heterocycles. The number of rotatable bonds is 3. The molecule has 6 nitrogen and oxygen atoms in total. The average molecular weight is 387 g/mol. The van der Waals surface area contributed by atoms with Crippen molar-refractivity contribution < 1.29 is 4.79 Å². The zero-order chi connectivity index (χ0) is 18.3. The van der Waals surface area contributed by atoms with Crippen molar-refractivity contribution in [3.8, 4) is 0 Å². The molecule has 1 aromatic heterocycles. The molecule has 4 rings (SSSR count). The van der Waals surface area contributed by atoms with E-state index in [1.54, 1.807) is 14.0 Å². The van der Waals surface area contributed by atoms with Crippen molar-refractivity contribution in [2.24, 2.45) is 0 Å². The summed E-state index contributed by atoms with van der Waals surface area (Å²) < 4.78 is 3.27. The van der Waals surface area contributed by atoms with Crippen molar-refractivity contribution in [3.63, 3.8) is 0 Å². The fourth-order valence-corrected chi connectivity index (χ4v) is 3.86. The van der Waals surface area contributed by atoms with Crippen LogP contribution in [0.4, 0.5) is 11.4 Å². The third-order valence-corrected chi connectivity index (χ3v) is 5.12. The number of carbonyl (C=O) groups is 1. The van der Waals surface area contributed by atoms with E-state index in [2.05, 4.69) is 0 Å². The lowest BCUT2D eigenvalue weighted by Gasteiger charge is -2.30. The highest BCUT2D eigenvalue weighted by atomic mass is 35.5. The lowest BCUT2D eigenvalue weighted by atomic mass is 10.00. The predicted molar refractivity (Wildman–Crippen MR) is 111 cm³/mol. The zero-order valence-electron chi connectivity index (χ0n) is 15.2. The Morgan fingerprint density at radius 2 is 1.78 bits per heavy atom. The van der Waals surface area contributed by atoms with Gasteiger partial charge in [-0.05, 0) is 49.6 Å². The van der Waals surface area contributed by atoms with E-state index in [-0.39, 0.29) is 30.5 Å². The molecule has 2 N–H and O–H groups in total. The molecule has 2 heterocycles. The number of nitrogens with two attached hydrogens (primary N) is 1. The van der Waals surface area contributed by atoms with Crippen LogP contribution in [0.5, 0.6) is 0 Å². The molecule has 0 bridgehead atoms. The number of aryl methyl sites for hydroxylation is 1. The summed E-state index contributed by atoms with van der Waals surface area (Å²) in [4.78, 5) is 27.6. The minimum absolute atomic E-state index is 0. The van der Waals surface area contributed by atoms with E-state index in [1.807, 2.05) is 49.4 Å². The monoisotopic (exact) mass is 386 g/mol. The van der Waals surface area contributed by atoms with Gasteiger partial charge in [-0.1, -0.05) is 18.2 Å². The van der Waals surface area contributed by atoms with Crippen molar-refractivity contribution >= 4 is 40.7 Å². The number of aromatic nitrogens is 2. The van der Waals surface area contributed by atoms with Crippen LogP contribution >= 0.6 is 12.4 Å². The van der Waals surface area contributed by atoms with Crippen LogP contribution in [-0.4, -0.2) is 21.6 Å². The van der Waals surface area contributed by atoms with Crippen LogP contribution in [0.1, 0.15) is 18.9 Å². The number of halogens is 1. The number of hydrogen-bond donors (Lipinski definition) is 1. The highest BCUT2D eigenvalue weighted by molar-refractivity contribution is 5.96. The Balaban J connectivity index is 0.00000210. The molecule has 3 aromatic rings. The molecule has 0 fully saturated rings. The largest absolute Gasteiger partial charge is 0.398 e. The van der Waals surface area contributed by atoms with Crippen LogP contribution in [-0.2, 0) is 24.3 Å². The average Bonchev–Trinajstić information content (AvgIpc) is 2.93. The maximum atomic E-state index is 13.1. The third kappa shape index (κ3) is 3.10. The fourth-order valence-electron chi connectivity index (χ4n) is 3.86. The van der Waals surface area contributed by atoms with Crippen molar-refractivity contribution in [2.75, 3.05) is 17.2 Å². The second kappa shape index (κ2) is 7.48. The Labute approximate surface area is 163 Å². The minimum atomic E-state index is -0.146. The SMILES string of the molecule is CCn1c(=O)n(CC(=O)N2CCCc3c(N)cccc32)c2ccccc21.Cl. The van der Waals surface area contributed by atoms with Gasteiger partial charge in [0, 0.05) is 24.5 Å². The number of carbonyl (C=O) groups excluding carboxylic acids is 1. The number of nitrogen functional groups attached to an aromatic ring is 1. The van der Waals surface area contributed by atoms with Gasteiger partial charge in [0.25, 0.3) is 0 Å². The van der Waals surface area contributed by atoms with E-state index in [4.69, 9.17) is 5.73 Å². The minimum Gasteiger partial charge on any atom is -0.398 e. The maximum absolute atomic E-state index is 13.1. The van der Waals surface area contributed by atoms with Crippen molar-refractivity contribution in [1.29, 1.82) is 0 Å². The van der Waals surface area contributed by atoms with Gasteiger partial charge in [-0.15, -0.1) is 12.4 Å². The predicted octanol–water partition coefficient (Wildman–Crippen LogP) is 2.81. The highest BCUT2D eigenvalue weighted by Gasteiger charge is 2.25. The molecule has 0 unspecified atom stereocenters. The summed E-state index contributed by atoms with van der Waals surface area (Å²) in [5, 5.41) is 0. The summed E-state index contributed by atoms with van der Waals surface area (Å²) in [5.41, 5.74) is 10.2. The van der Waals surface area contributed by atoms with E-state index in [0.29, 0.717) is 13.1 Å². The van der Waals surface area contributed by atoms with E-state index >= 15 is 0 Å². The van der Waals surface area contributed by atoms with Crippen LogP contribution in [0, 0.1) is 0 Å². The lowest BCUT2D eigenvalue weighted by Crippen LogP contribution is -2.40. The highest BCUT2D eigenvalue weighted by Crippen LogP contribution is 2.31. The summed E-state index contributed by atoms with van der Waals surface area (Å²) in [6, 6.07) is 13.3. The van der Waals surface area contributed by atoms with Crippen LogP contribution in [0.15, 0.2) is 47.3 Å². The summed E-state index contributed by atoms with van der Waals surface area (Å²) >= 11 is 0. The number of fused-ring (bicyclic) bond motifs is 2. The first-order valence-electron chi connectivity index (χ1n) is 8.97. The van der Waals surface area contributed by atoms with E-state index in [0.717, 1.165) is 40.8 Å². The van der Waals surface area contributed by atoms with Crippen molar-refractivity contribution in [3.05, 3.63) is 58.5 Å². The van der Waals surface area contributed by atoms with Gasteiger partial charge in [-0.3, -0.25) is 13.9 Å². The fraction of sp³-hybridized carbons (Fsp3) is 0.300. The number of benzene rings is 2. The van der Waals surface area contributed by atoms with Gasteiger partial charge < -0.3 is 10.6 Å². The first-order chi connectivity index (χ1) is 12.6. The second-order valence-electron chi connectivity index (χ2n) is 6.60. The summed E-state index contributed by atoms with van der Waals surface area (Å²) in [7, 11) is 0. The number of para-hydroxylation sites is 2. The zero-order valence-corrected chi connectivity index (χ0v) is 16.0.